The Balaban J connectivity index is 2.09. The van der Waals surface area contributed by atoms with Crippen LogP contribution in [0.2, 0.25) is 10.3 Å². The van der Waals surface area contributed by atoms with Gasteiger partial charge in [0.1, 0.15) is 10.3 Å². The highest BCUT2D eigenvalue weighted by molar-refractivity contribution is 6.32. The van der Waals surface area contributed by atoms with Gasteiger partial charge in [-0.05, 0) is 35.6 Å². The predicted octanol–water partition coefficient (Wildman–Crippen LogP) is 4.09. The van der Waals surface area contributed by atoms with Crippen molar-refractivity contribution in [2.24, 2.45) is 0 Å². The van der Waals surface area contributed by atoms with E-state index >= 15 is 0 Å². The van der Waals surface area contributed by atoms with Crippen molar-refractivity contribution in [1.82, 2.24) is 9.88 Å². The number of aromatic nitrogens is 1. The van der Waals surface area contributed by atoms with Crippen molar-refractivity contribution in [3.8, 4) is 0 Å². The molecule has 0 unspecified atom stereocenters. The fourth-order valence-corrected chi connectivity index (χ4v) is 2.67. The zero-order chi connectivity index (χ0) is 13.1. The maximum absolute atomic E-state index is 5.93. The first kappa shape index (κ1) is 13.9. The second-order valence-corrected chi connectivity index (χ2v) is 5.70. The van der Waals surface area contributed by atoms with Gasteiger partial charge in [-0.15, -0.1) is 0 Å². The summed E-state index contributed by atoms with van der Waals surface area (Å²) in [4.78, 5) is 6.41. The maximum Gasteiger partial charge on any atom is 0.131 e. The van der Waals surface area contributed by atoms with Crippen LogP contribution in [0, 0.1) is 5.92 Å². The molecule has 0 aliphatic carbocycles. The molecule has 1 aromatic heterocycles. The van der Waals surface area contributed by atoms with Gasteiger partial charge in [-0.25, -0.2) is 4.98 Å². The van der Waals surface area contributed by atoms with Crippen LogP contribution in [0.1, 0.15) is 25.8 Å². The van der Waals surface area contributed by atoms with Gasteiger partial charge in [-0.1, -0.05) is 43.1 Å². The number of nitrogens with zero attached hydrogens (tertiary/aromatic N) is 2. The molecule has 0 spiro atoms. The summed E-state index contributed by atoms with van der Waals surface area (Å²) in [7, 11) is 0. The highest BCUT2D eigenvalue weighted by Crippen LogP contribution is 2.26. The molecule has 97 valence electrons. The predicted molar refractivity (Wildman–Crippen MR) is 77.9 cm³/mol. The molecule has 2 heterocycles. The molecule has 0 atom stereocenters. The minimum absolute atomic E-state index is 0.457. The third-order valence-corrected chi connectivity index (χ3v) is 3.35. The Kier molecular flexibility index (Phi) is 4.66. The SMILES string of the molecule is C[C](C)CN1CC=C(c2cc(Cl)nc(Cl)c2)CC1. The first-order chi connectivity index (χ1) is 8.54. The van der Waals surface area contributed by atoms with Gasteiger partial charge in [0.2, 0.25) is 0 Å². The average molecular weight is 284 g/mol. The lowest BCUT2D eigenvalue weighted by Crippen LogP contribution is -2.31. The first-order valence-corrected chi connectivity index (χ1v) is 6.84. The van der Waals surface area contributed by atoms with Crippen molar-refractivity contribution in [3.63, 3.8) is 0 Å². The first-order valence-electron chi connectivity index (χ1n) is 6.08. The monoisotopic (exact) mass is 283 g/mol. The molecule has 0 saturated heterocycles. The lowest BCUT2D eigenvalue weighted by Gasteiger charge is -2.27. The van der Waals surface area contributed by atoms with Crippen LogP contribution >= 0.6 is 23.2 Å². The van der Waals surface area contributed by atoms with Gasteiger partial charge in [-0.2, -0.15) is 0 Å². The third-order valence-electron chi connectivity index (χ3n) is 2.97. The molecular weight excluding hydrogens is 267 g/mol. The maximum atomic E-state index is 5.93. The lowest BCUT2D eigenvalue weighted by molar-refractivity contribution is 0.313. The highest BCUT2D eigenvalue weighted by atomic mass is 35.5. The summed E-state index contributed by atoms with van der Waals surface area (Å²) in [6.45, 7) is 7.47. The normalized spacial score (nSPS) is 17.1. The summed E-state index contributed by atoms with van der Waals surface area (Å²) < 4.78 is 0. The zero-order valence-electron chi connectivity index (χ0n) is 10.7. The van der Waals surface area contributed by atoms with E-state index in [1.54, 1.807) is 0 Å². The Morgan fingerprint density at radius 3 is 2.44 bits per heavy atom. The number of rotatable bonds is 3. The second-order valence-electron chi connectivity index (χ2n) is 4.92. The van der Waals surface area contributed by atoms with Gasteiger partial charge in [0.15, 0.2) is 0 Å². The van der Waals surface area contributed by atoms with Gasteiger partial charge in [0, 0.05) is 19.6 Å². The molecular formula is C14H17Cl2N2. The Bertz CT molecular complexity index is 435. The van der Waals surface area contributed by atoms with Crippen LogP contribution in [0.3, 0.4) is 0 Å². The fraction of sp³-hybridized carbons (Fsp3) is 0.429. The molecule has 0 saturated carbocycles. The van der Waals surface area contributed by atoms with Crippen LogP contribution in [-0.4, -0.2) is 29.5 Å². The molecule has 1 aromatic rings. The third kappa shape index (κ3) is 3.71. The largest absolute Gasteiger partial charge is 0.299 e. The van der Waals surface area contributed by atoms with E-state index in [9.17, 15) is 0 Å². The lowest BCUT2D eigenvalue weighted by atomic mass is 10.00. The van der Waals surface area contributed by atoms with E-state index in [1.807, 2.05) is 12.1 Å². The summed E-state index contributed by atoms with van der Waals surface area (Å²) in [5.74, 6) is 1.45. The molecule has 0 amide bonds. The van der Waals surface area contributed by atoms with E-state index < -0.39 is 0 Å². The van der Waals surface area contributed by atoms with Gasteiger partial charge in [-0.3, -0.25) is 4.90 Å². The molecule has 0 N–H and O–H groups in total. The van der Waals surface area contributed by atoms with Crippen LogP contribution in [0.15, 0.2) is 18.2 Å². The summed E-state index contributed by atoms with van der Waals surface area (Å²) in [6, 6.07) is 3.76. The summed E-state index contributed by atoms with van der Waals surface area (Å²) in [6.07, 6.45) is 3.29. The fourth-order valence-electron chi connectivity index (χ4n) is 2.21. The van der Waals surface area contributed by atoms with Crippen LogP contribution in [-0.2, 0) is 0 Å². The zero-order valence-corrected chi connectivity index (χ0v) is 12.2. The Labute approximate surface area is 119 Å². The molecule has 2 nitrogen and oxygen atoms in total. The van der Waals surface area contributed by atoms with E-state index in [2.05, 4.69) is 29.8 Å². The molecule has 4 heteroatoms. The van der Waals surface area contributed by atoms with Gasteiger partial charge in [0.05, 0.1) is 0 Å². The van der Waals surface area contributed by atoms with E-state index in [0.29, 0.717) is 10.3 Å². The smallest absolute Gasteiger partial charge is 0.131 e. The summed E-state index contributed by atoms with van der Waals surface area (Å²) >= 11 is 11.9. The highest BCUT2D eigenvalue weighted by Gasteiger charge is 2.14. The van der Waals surface area contributed by atoms with Crippen molar-refractivity contribution in [1.29, 1.82) is 0 Å². The van der Waals surface area contributed by atoms with E-state index in [-0.39, 0.29) is 0 Å². The molecule has 1 aliphatic rings. The molecule has 0 aromatic carbocycles. The van der Waals surface area contributed by atoms with Crippen LogP contribution < -0.4 is 0 Å². The molecule has 1 aliphatic heterocycles. The van der Waals surface area contributed by atoms with Crippen LogP contribution in [0.5, 0.6) is 0 Å². The van der Waals surface area contributed by atoms with Crippen molar-refractivity contribution < 1.29 is 0 Å². The number of halogens is 2. The van der Waals surface area contributed by atoms with Gasteiger partial charge >= 0.3 is 0 Å². The molecule has 18 heavy (non-hydrogen) atoms. The minimum atomic E-state index is 0.457. The molecule has 1 radical (unpaired) electrons. The molecule has 0 bridgehead atoms. The summed E-state index contributed by atoms with van der Waals surface area (Å²) in [5.41, 5.74) is 2.41. The quantitative estimate of drug-likeness (QED) is 0.777. The van der Waals surface area contributed by atoms with E-state index in [0.717, 1.165) is 31.6 Å². The number of hydrogen-bond acceptors (Lipinski definition) is 2. The number of pyridine rings is 1. The van der Waals surface area contributed by atoms with Crippen LogP contribution in [0.4, 0.5) is 0 Å². The standard InChI is InChI=1S/C14H17Cl2N2/c1-10(2)9-18-5-3-11(4-6-18)12-7-13(15)17-14(16)8-12/h3,7-8H,4-6,9H2,1-2H3. The Hall–Kier alpha value is -0.570. The van der Waals surface area contributed by atoms with Crippen molar-refractivity contribution in [3.05, 3.63) is 40.0 Å². The van der Waals surface area contributed by atoms with Gasteiger partial charge < -0.3 is 0 Å². The van der Waals surface area contributed by atoms with Gasteiger partial charge in [0.25, 0.3) is 0 Å². The minimum Gasteiger partial charge on any atom is -0.299 e. The molecule has 0 fully saturated rings. The second kappa shape index (κ2) is 6.05. The average Bonchev–Trinajstić information content (AvgIpc) is 2.27. The van der Waals surface area contributed by atoms with Crippen molar-refractivity contribution in [2.45, 2.75) is 20.3 Å². The van der Waals surface area contributed by atoms with E-state index in [1.165, 1.54) is 11.5 Å². The van der Waals surface area contributed by atoms with E-state index in [4.69, 9.17) is 23.2 Å². The Morgan fingerprint density at radius 1 is 1.28 bits per heavy atom. The number of hydrogen-bond donors (Lipinski definition) is 0. The van der Waals surface area contributed by atoms with Crippen LogP contribution in [0.25, 0.3) is 5.57 Å². The van der Waals surface area contributed by atoms with Crippen molar-refractivity contribution >= 4 is 28.8 Å². The summed E-state index contributed by atoms with van der Waals surface area (Å²) in [5, 5.41) is 0.914. The molecule has 2 rings (SSSR count). The Morgan fingerprint density at radius 2 is 1.94 bits per heavy atom. The topological polar surface area (TPSA) is 16.1 Å². The van der Waals surface area contributed by atoms with Crippen molar-refractivity contribution in [2.75, 3.05) is 19.6 Å².